The van der Waals surface area contributed by atoms with Crippen molar-refractivity contribution < 1.29 is 0 Å². The lowest BCUT2D eigenvalue weighted by atomic mass is 9.45. The monoisotopic (exact) mass is 290 g/mol. The van der Waals surface area contributed by atoms with Gasteiger partial charge in [0.25, 0.3) is 0 Å². The van der Waals surface area contributed by atoms with Crippen LogP contribution in [-0.4, -0.2) is 6.17 Å². The van der Waals surface area contributed by atoms with Gasteiger partial charge >= 0.3 is 0 Å². The highest BCUT2D eigenvalue weighted by Gasteiger charge is 2.59. The zero-order chi connectivity index (χ0) is 14.7. The highest BCUT2D eigenvalue weighted by atomic mass is 14.9. The summed E-state index contributed by atoms with van der Waals surface area (Å²) in [6, 6.07) is 0. The molecule has 0 heterocycles. The smallest absolute Gasteiger partial charge is 0.0581 e. The molecule has 0 aromatic heterocycles. The van der Waals surface area contributed by atoms with Gasteiger partial charge in [0.15, 0.2) is 0 Å². The molecule has 4 rings (SSSR count). The van der Waals surface area contributed by atoms with Crippen LogP contribution in [0.1, 0.15) is 77.6 Å². The Morgan fingerprint density at radius 1 is 0.810 bits per heavy atom. The normalized spacial score (nSPS) is 53.1. The van der Waals surface area contributed by atoms with Gasteiger partial charge in [0, 0.05) is 5.41 Å². The summed E-state index contributed by atoms with van der Waals surface area (Å²) in [6.07, 6.45) is 15.7. The largest absolute Gasteiger partial charge is 0.316 e. The first-order chi connectivity index (χ1) is 10.1. The van der Waals surface area contributed by atoms with Gasteiger partial charge in [-0.05, 0) is 80.5 Å². The van der Waals surface area contributed by atoms with Crippen LogP contribution in [0.15, 0.2) is 0 Å². The van der Waals surface area contributed by atoms with E-state index in [0.29, 0.717) is 10.8 Å². The SMILES string of the molecule is C[C@]12CCCCC1CC[C@H]1[C@@H]3CCC[C@@]3(C(N)N)CC[C@@H]12. The van der Waals surface area contributed by atoms with Crippen LogP contribution in [0.2, 0.25) is 0 Å². The van der Waals surface area contributed by atoms with E-state index < -0.39 is 0 Å². The van der Waals surface area contributed by atoms with Crippen LogP contribution in [0.4, 0.5) is 0 Å². The van der Waals surface area contributed by atoms with Gasteiger partial charge in [-0.25, -0.2) is 0 Å². The summed E-state index contributed by atoms with van der Waals surface area (Å²) in [7, 11) is 0. The van der Waals surface area contributed by atoms with E-state index in [4.69, 9.17) is 11.5 Å². The Kier molecular flexibility index (Phi) is 3.43. The first-order valence-electron chi connectivity index (χ1n) is 9.59. The summed E-state index contributed by atoms with van der Waals surface area (Å²) in [5.41, 5.74) is 13.6. The molecule has 0 saturated heterocycles. The minimum atomic E-state index is -0.0807. The highest BCUT2D eigenvalue weighted by Crippen LogP contribution is 2.66. The van der Waals surface area contributed by atoms with E-state index in [1.54, 1.807) is 0 Å². The first-order valence-corrected chi connectivity index (χ1v) is 9.59. The Morgan fingerprint density at radius 3 is 2.48 bits per heavy atom. The molecule has 0 bridgehead atoms. The summed E-state index contributed by atoms with van der Waals surface area (Å²) in [6.45, 7) is 2.65. The minimum Gasteiger partial charge on any atom is -0.316 e. The Balaban J connectivity index is 1.65. The molecule has 6 atom stereocenters. The third-order valence-electron chi connectivity index (χ3n) is 8.66. The van der Waals surface area contributed by atoms with Crippen molar-refractivity contribution in [2.45, 2.75) is 83.7 Å². The summed E-state index contributed by atoms with van der Waals surface area (Å²) >= 11 is 0. The predicted octanol–water partition coefficient (Wildman–Crippen LogP) is 4.03. The van der Waals surface area contributed by atoms with Crippen molar-refractivity contribution in [1.82, 2.24) is 0 Å². The van der Waals surface area contributed by atoms with E-state index in [0.717, 1.165) is 23.7 Å². The lowest BCUT2D eigenvalue weighted by molar-refractivity contribution is -0.112. The second-order valence-electron chi connectivity index (χ2n) is 9.09. The van der Waals surface area contributed by atoms with Crippen molar-refractivity contribution >= 4 is 0 Å². The molecule has 4 aliphatic carbocycles. The molecule has 4 saturated carbocycles. The quantitative estimate of drug-likeness (QED) is 0.716. The zero-order valence-corrected chi connectivity index (χ0v) is 13.8. The molecular weight excluding hydrogens is 256 g/mol. The highest BCUT2D eigenvalue weighted by molar-refractivity contribution is 5.09. The fraction of sp³-hybridized carbons (Fsp3) is 1.00. The second kappa shape index (κ2) is 4.96. The lowest BCUT2D eigenvalue weighted by Gasteiger charge is -2.61. The standard InChI is InChI=1S/C19H34N2/c1-18-10-3-2-5-13(18)7-8-14-15(18)9-12-19(17(20)21)11-4-6-16(14)19/h13-17H,2-12,20-21H2,1H3/t13?,14-,15+,16+,18+,19-/m1/s1. The van der Waals surface area contributed by atoms with Crippen molar-refractivity contribution in [2.24, 2.45) is 46.0 Å². The molecule has 0 aliphatic heterocycles. The maximum Gasteiger partial charge on any atom is 0.0581 e. The lowest BCUT2D eigenvalue weighted by Crippen LogP contribution is -2.58. The predicted molar refractivity (Wildman–Crippen MR) is 87.4 cm³/mol. The molecule has 0 aromatic rings. The van der Waals surface area contributed by atoms with Crippen LogP contribution < -0.4 is 11.5 Å². The van der Waals surface area contributed by atoms with Gasteiger partial charge in [-0.2, -0.15) is 0 Å². The summed E-state index contributed by atoms with van der Waals surface area (Å²) in [4.78, 5) is 0. The van der Waals surface area contributed by atoms with Crippen molar-refractivity contribution in [3.63, 3.8) is 0 Å². The first kappa shape index (κ1) is 14.5. The van der Waals surface area contributed by atoms with Crippen LogP contribution in [0.5, 0.6) is 0 Å². The van der Waals surface area contributed by atoms with Crippen molar-refractivity contribution in [1.29, 1.82) is 0 Å². The van der Waals surface area contributed by atoms with Crippen molar-refractivity contribution in [2.75, 3.05) is 0 Å². The van der Waals surface area contributed by atoms with E-state index in [9.17, 15) is 0 Å². The molecule has 2 heteroatoms. The van der Waals surface area contributed by atoms with Gasteiger partial charge in [-0.1, -0.05) is 26.2 Å². The summed E-state index contributed by atoms with van der Waals surface area (Å²) in [5.74, 6) is 3.78. The van der Waals surface area contributed by atoms with E-state index in [1.165, 1.54) is 70.6 Å². The zero-order valence-electron chi connectivity index (χ0n) is 13.8. The van der Waals surface area contributed by atoms with Crippen LogP contribution in [0.3, 0.4) is 0 Å². The van der Waals surface area contributed by atoms with Gasteiger partial charge < -0.3 is 11.5 Å². The molecule has 0 aromatic carbocycles. The Hall–Kier alpha value is -0.0800. The summed E-state index contributed by atoms with van der Waals surface area (Å²) < 4.78 is 0. The van der Waals surface area contributed by atoms with Gasteiger partial charge in [0.1, 0.15) is 0 Å². The van der Waals surface area contributed by atoms with Crippen LogP contribution in [-0.2, 0) is 0 Å². The third kappa shape index (κ3) is 1.91. The van der Waals surface area contributed by atoms with E-state index in [1.807, 2.05) is 0 Å². The molecular formula is C19H34N2. The molecule has 4 fully saturated rings. The molecule has 1 unspecified atom stereocenters. The van der Waals surface area contributed by atoms with Crippen LogP contribution >= 0.6 is 0 Å². The van der Waals surface area contributed by atoms with Crippen molar-refractivity contribution in [3.8, 4) is 0 Å². The number of rotatable bonds is 1. The topological polar surface area (TPSA) is 52.0 Å². The Morgan fingerprint density at radius 2 is 1.67 bits per heavy atom. The van der Waals surface area contributed by atoms with Crippen LogP contribution in [0, 0.1) is 34.5 Å². The average Bonchev–Trinajstić information content (AvgIpc) is 2.92. The molecule has 0 radical (unpaired) electrons. The number of hydrogen-bond donors (Lipinski definition) is 2. The van der Waals surface area contributed by atoms with Gasteiger partial charge in [0.2, 0.25) is 0 Å². The second-order valence-corrected chi connectivity index (χ2v) is 9.09. The molecule has 0 spiro atoms. The van der Waals surface area contributed by atoms with E-state index in [2.05, 4.69) is 6.92 Å². The molecule has 0 amide bonds. The number of fused-ring (bicyclic) bond motifs is 5. The van der Waals surface area contributed by atoms with Gasteiger partial charge in [-0.3, -0.25) is 0 Å². The Labute approximate surface area is 130 Å². The van der Waals surface area contributed by atoms with E-state index in [-0.39, 0.29) is 6.17 Å². The maximum atomic E-state index is 6.31. The minimum absolute atomic E-state index is 0.0807. The van der Waals surface area contributed by atoms with Crippen LogP contribution in [0.25, 0.3) is 0 Å². The van der Waals surface area contributed by atoms with Gasteiger partial charge in [0.05, 0.1) is 6.17 Å². The van der Waals surface area contributed by atoms with Crippen molar-refractivity contribution in [3.05, 3.63) is 0 Å². The Bertz CT molecular complexity index is 406. The fourth-order valence-corrected chi connectivity index (χ4v) is 7.58. The average molecular weight is 290 g/mol. The molecule has 21 heavy (non-hydrogen) atoms. The number of nitrogens with two attached hydrogens (primary N) is 2. The maximum absolute atomic E-state index is 6.31. The summed E-state index contributed by atoms with van der Waals surface area (Å²) in [5, 5.41) is 0. The van der Waals surface area contributed by atoms with E-state index >= 15 is 0 Å². The molecule has 4 aliphatic rings. The van der Waals surface area contributed by atoms with Gasteiger partial charge in [-0.15, -0.1) is 0 Å². The number of hydrogen-bond acceptors (Lipinski definition) is 2. The molecule has 120 valence electrons. The molecule has 2 nitrogen and oxygen atoms in total. The third-order valence-corrected chi connectivity index (χ3v) is 8.66. The molecule has 4 N–H and O–H groups in total. The fourth-order valence-electron chi connectivity index (χ4n) is 7.58.